The van der Waals surface area contributed by atoms with Crippen LogP contribution in [0.15, 0.2) is 34.8 Å². The summed E-state index contributed by atoms with van der Waals surface area (Å²) >= 11 is 3.26. The van der Waals surface area contributed by atoms with Gasteiger partial charge in [0.15, 0.2) is 0 Å². The lowest BCUT2D eigenvalue weighted by Crippen LogP contribution is -2.03. The van der Waals surface area contributed by atoms with Crippen molar-refractivity contribution in [2.45, 2.75) is 6.92 Å². The molecule has 19 heavy (non-hydrogen) atoms. The highest BCUT2D eigenvalue weighted by Gasteiger charge is 2.09. The van der Waals surface area contributed by atoms with Gasteiger partial charge < -0.3 is 0 Å². The smallest absolute Gasteiger partial charge is 0.203 e. The lowest BCUT2D eigenvalue weighted by molar-refractivity contribution is 0.103. The summed E-state index contributed by atoms with van der Waals surface area (Å²) in [5.74, 6) is -0.573. The molecule has 0 aliphatic heterocycles. The van der Waals surface area contributed by atoms with Crippen LogP contribution >= 0.6 is 15.9 Å². The van der Waals surface area contributed by atoms with Gasteiger partial charge in [-0.3, -0.25) is 9.48 Å². The van der Waals surface area contributed by atoms with E-state index in [1.165, 1.54) is 22.9 Å². The summed E-state index contributed by atoms with van der Waals surface area (Å²) in [4.78, 5) is 12.0. The molecule has 98 valence electrons. The van der Waals surface area contributed by atoms with Crippen molar-refractivity contribution in [2.24, 2.45) is 7.05 Å². The van der Waals surface area contributed by atoms with Crippen molar-refractivity contribution in [1.29, 1.82) is 0 Å². The third-order valence-corrected chi connectivity index (χ3v) is 3.12. The fourth-order valence-electron chi connectivity index (χ4n) is 1.73. The van der Waals surface area contributed by atoms with Crippen molar-refractivity contribution in [3.8, 4) is 0 Å². The number of nitrogens with zero attached hydrogens (tertiary/aromatic N) is 2. The van der Waals surface area contributed by atoms with Crippen molar-refractivity contribution >= 4 is 27.8 Å². The molecule has 3 nitrogen and oxygen atoms in total. The lowest BCUT2D eigenvalue weighted by atomic mass is 10.1. The Morgan fingerprint density at radius 3 is 2.79 bits per heavy atom. The summed E-state index contributed by atoms with van der Waals surface area (Å²) in [7, 11) is 1.70. The Morgan fingerprint density at radius 2 is 2.16 bits per heavy atom. The molecule has 0 fully saturated rings. The van der Waals surface area contributed by atoms with Gasteiger partial charge in [-0.15, -0.1) is 0 Å². The van der Waals surface area contributed by atoms with Gasteiger partial charge in [0.25, 0.3) is 0 Å². The van der Waals surface area contributed by atoms with Crippen molar-refractivity contribution in [2.75, 3.05) is 0 Å². The van der Waals surface area contributed by atoms with E-state index in [1.54, 1.807) is 25.2 Å². The molecule has 0 radical (unpaired) electrons. The largest absolute Gasteiger partial charge is 0.288 e. The average molecular weight is 323 g/mol. The predicted octanol–water partition coefficient (Wildman–Crippen LogP) is 3.53. The van der Waals surface area contributed by atoms with Gasteiger partial charge in [0.1, 0.15) is 11.5 Å². The van der Waals surface area contributed by atoms with Crippen molar-refractivity contribution < 1.29 is 9.18 Å². The third-order valence-electron chi connectivity index (χ3n) is 2.63. The Bertz CT molecular complexity index is 661. The van der Waals surface area contributed by atoms with Crippen molar-refractivity contribution in [1.82, 2.24) is 9.78 Å². The number of halogens is 2. The first-order valence-corrected chi connectivity index (χ1v) is 6.45. The molecule has 0 aliphatic carbocycles. The predicted molar refractivity (Wildman–Crippen MR) is 75.4 cm³/mol. The van der Waals surface area contributed by atoms with E-state index < -0.39 is 0 Å². The molecule has 1 aromatic heterocycles. The maximum atomic E-state index is 13.5. The van der Waals surface area contributed by atoms with E-state index in [2.05, 4.69) is 21.0 Å². The third kappa shape index (κ3) is 3.17. The van der Waals surface area contributed by atoms with Crippen LogP contribution < -0.4 is 0 Å². The molecule has 0 amide bonds. The van der Waals surface area contributed by atoms with E-state index >= 15 is 0 Å². The first-order chi connectivity index (χ1) is 8.97. The monoisotopic (exact) mass is 322 g/mol. The Kier molecular flexibility index (Phi) is 3.95. The van der Waals surface area contributed by atoms with Gasteiger partial charge >= 0.3 is 0 Å². The minimum Gasteiger partial charge on any atom is -0.288 e. The fourth-order valence-corrected chi connectivity index (χ4v) is 2.11. The van der Waals surface area contributed by atoms with Crippen LogP contribution in [0.4, 0.5) is 4.39 Å². The fraction of sp³-hybridized carbons (Fsp3) is 0.143. The SMILES string of the molecule is Cc1cc(C(=O)/C=C/c2cc(Br)ccc2F)n(C)n1. The highest BCUT2D eigenvalue weighted by atomic mass is 79.9. The summed E-state index contributed by atoms with van der Waals surface area (Å²) in [6.07, 6.45) is 2.81. The molecule has 1 aromatic carbocycles. The second kappa shape index (κ2) is 5.48. The Labute approximate surface area is 118 Å². The standard InChI is InChI=1S/C14H12BrFN2O/c1-9-7-13(18(2)17-9)14(19)6-3-10-8-11(15)4-5-12(10)16/h3-8H,1-2H3/b6-3+. The van der Waals surface area contributed by atoms with Crippen LogP contribution in [0.1, 0.15) is 21.7 Å². The molecule has 0 N–H and O–H groups in total. The van der Waals surface area contributed by atoms with E-state index in [4.69, 9.17) is 0 Å². The van der Waals surface area contributed by atoms with E-state index in [1.807, 2.05) is 6.92 Å². The lowest BCUT2D eigenvalue weighted by Gasteiger charge is -1.98. The van der Waals surface area contributed by atoms with E-state index in [-0.39, 0.29) is 11.6 Å². The molecular weight excluding hydrogens is 311 g/mol. The number of benzene rings is 1. The molecule has 0 aliphatic rings. The molecule has 0 saturated carbocycles. The maximum Gasteiger partial charge on any atom is 0.203 e. The van der Waals surface area contributed by atoms with Crippen LogP contribution in [-0.2, 0) is 7.05 Å². The molecule has 0 bridgehead atoms. The Balaban J connectivity index is 2.25. The van der Waals surface area contributed by atoms with Crippen LogP contribution in [0.5, 0.6) is 0 Å². The van der Waals surface area contributed by atoms with Crippen molar-refractivity contribution in [3.63, 3.8) is 0 Å². The number of rotatable bonds is 3. The van der Waals surface area contributed by atoms with Gasteiger partial charge in [-0.05, 0) is 43.3 Å². The summed E-state index contributed by atoms with van der Waals surface area (Å²) in [5.41, 5.74) is 1.61. The molecule has 0 atom stereocenters. The highest BCUT2D eigenvalue weighted by molar-refractivity contribution is 9.10. The van der Waals surface area contributed by atoms with Crippen LogP contribution in [0.25, 0.3) is 6.08 Å². The molecule has 2 aromatic rings. The first-order valence-electron chi connectivity index (χ1n) is 5.65. The zero-order valence-corrected chi connectivity index (χ0v) is 12.1. The summed E-state index contributed by atoms with van der Waals surface area (Å²) in [5, 5.41) is 4.10. The molecule has 0 spiro atoms. The minimum absolute atomic E-state index is 0.206. The number of allylic oxidation sites excluding steroid dienone is 1. The Hall–Kier alpha value is -1.75. The minimum atomic E-state index is -0.367. The van der Waals surface area contributed by atoms with Gasteiger partial charge in [-0.1, -0.05) is 15.9 Å². The van der Waals surface area contributed by atoms with Crippen LogP contribution in [0.2, 0.25) is 0 Å². The van der Waals surface area contributed by atoms with Crippen LogP contribution in [0, 0.1) is 12.7 Å². The summed E-state index contributed by atoms with van der Waals surface area (Å²) in [6, 6.07) is 6.28. The number of hydrogen-bond donors (Lipinski definition) is 0. The van der Waals surface area contributed by atoms with E-state index in [9.17, 15) is 9.18 Å². The number of aryl methyl sites for hydroxylation is 2. The van der Waals surface area contributed by atoms with Crippen LogP contribution in [-0.4, -0.2) is 15.6 Å². The molecule has 1 heterocycles. The number of ketones is 1. The van der Waals surface area contributed by atoms with Gasteiger partial charge in [0.05, 0.1) is 5.69 Å². The van der Waals surface area contributed by atoms with Crippen molar-refractivity contribution in [3.05, 3.63) is 57.6 Å². The zero-order valence-electron chi connectivity index (χ0n) is 10.5. The molecule has 0 unspecified atom stereocenters. The quantitative estimate of drug-likeness (QED) is 0.640. The number of carbonyl (C=O) groups is 1. The number of carbonyl (C=O) groups excluding carboxylic acids is 1. The second-order valence-corrected chi connectivity index (χ2v) is 5.07. The van der Waals surface area contributed by atoms with Gasteiger partial charge in [0.2, 0.25) is 5.78 Å². The van der Waals surface area contributed by atoms with Gasteiger partial charge in [0, 0.05) is 17.1 Å². The van der Waals surface area contributed by atoms with Gasteiger partial charge in [-0.2, -0.15) is 5.10 Å². The number of hydrogen-bond acceptors (Lipinski definition) is 2. The van der Waals surface area contributed by atoms with E-state index in [0.717, 1.165) is 10.2 Å². The normalized spacial score (nSPS) is 11.2. The Morgan fingerprint density at radius 1 is 1.42 bits per heavy atom. The first kappa shape index (κ1) is 13.7. The molecular formula is C14H12BrFN2O. The molecule has 5 heteroatoms. The molecule has 2 rings (SSSR count). The highest BCUT2D eigenvalue weighted by Crippen LogP contribution is 2.17. The van der Waals surface area contributed by atoms with Gasteiger partial charge in [-0.25, -0.2) is 4.39 Å². The topological polar surface area (TPSA) is 34.9 Å². The number of aromatic nitrogens is 2. The average Bonchev–Trinajstić information content (AvgIpc) is 2.69. The second-order valence-electron chi connectivity index (χ2n) is 4.16. The summed E-state index contributed by atoms with van der Waals surface area (Å²) in [6.45, 7) is 1.81. The van der Waals surface area contributed by atoms with E-state index in [0.29, 0.717) is 11.3 Å². The molecule has 0 saturated heterocycles. The maximum absolute atomic E-state index is 13.5. The summed E-state index contributed by atoms with van der Waals surface area (Å²) < 4.78 is 15.8. The zero-order chi connectivity index (χ0) is 14.0. The van der Waals surface area contributed by atoms with Crippen LogP contribution in [0.3, 0.4) is 0 Å².